The maximum absolute atomic E-state index is 9.28. The summed E-state index contributed by atoms with van der Waals surface area (Å²) in [6.07, 6.45) is 11.0. The van der Waals surface area contributed by atoms with Gasteiger partial charge in [-0.3, -0.25) is 9.69 Å². The Morgan fingerprint density at radius 2 is 1.96 bits per heavy atom. The highest BCUT2D eigenvalue weighted by Gasteiger charge is 2.23. The van der Waals surface area contributed by atoms with Crippen molar-refractivity contribution in [2.24, 2.45) is 0 Å². The van der Waals surface area contributed by atoms with Crippen LogP contribution in [0.3, 0.4) is 0 Å². The van der Waals surface area contributed by atoms with E-state index in [1.165, 1.54) is 24.8 Å². The van der Waals surface area contributed by atoms with Crippen molar-refractivity contribution in [2.45, 2.75) is 64.4 Å². The number of unbranched alkanes of at least 4 members (excludes halogenated alkanes) is 3. The number of hydrogen-bond donors (Lipinski definition) is 3. The smallest absolute Gasteiger partial charge is 0.290 e. The van der Waals surface area contributed by atoms with Gasteiger partial charge >= 0.3 is 0 Å². The molecule has 3 rings (SSSR count). The number of carboxylic acid groups (broad SMARTS) is 1. The zero-order chi connectivity index (χ0) is 19.6. The number of allylic oxidation sites excluding steroid dienone is 2. The molecule has 27 heavy (non-hydrogen) atoms. The van der Waals surface area contributed by atoms with Gasteiger partial charge in [0.15, 0.2) is 0 Å². The Morgan fingerprint density at radius 3 is 2.63 bits per heavy atom. The summed E-state index contributed by atoms with van der Waals surface area (Å²) in [5, 5.41) is 16.2. The molecule has 7 heteroatoms. The molecule has 1 aliphatic heterocycles. The molecule has 0 atom stereocenters. The summed E-state index contributed by atoms with van der Waals surface area (Å²) < 4.78 is 0. The second-order valence-corrected chi connectivity index (χ2v) is 7.22. The summed E-state index contributed by atoms with van der Waals surface area (Å²) in [5.74, 6) is 1.57. The largest absolute Gasteiger partial charge is 0.483 e. The third-order valence-electron chi connectivity index (χ3n) is 5.05. The van der Waals surface area contributed by atoms with Crippen LogP contribution >= 0.6 is 0 Å². The summed E-state index contributed by atoms with van der Waals surface area (Å²) in [7, 11) is 0. The molecule has 1 aromatic rings. The lowest BCUT2D eigenvalue weighted by Crippen LogP contribution is -2.50. The molecule has 0 amide bonds. The maximum Gasteiger partial charge on any atom is 0.290 e. The molecule has 0 aromatic carbocycles. The minimum absolute atomic E-state index is 0.0859. The van der Waals surface area contributed by atoms with Crippen molar-refractivity contribution in [3.63, 3.8) is 0 Å². The number of nitrogen functional groups attached to an aromatic ring is 1. The average molecular weight is 377 g/mol. The third kappa shape index (κ3) is 6.29. The molecule has 150 valence electrons. The first-order chi connectivity index (χ1) is 13.1. The number of likely N-dealkylation sites (tertiary alicyclic amines) is 1. The molecule has 7 nitrogen and oxygen atoms in total. The van der Waals surface area contributed by atoms with Crippen LogP contribution in [0.5, 0.6) is 0 Å². The van der Waals surface area contributed by atoms with E-state index in [9.17, 15) is 5.11 Å². The van der Waals surface area contributed by atoms with Gasteiger partial charge in [0.1, 0.15) is 11.6 Å². The number of anilines is 1. The second-order valence-electron chi connectivity index (χ2n) is 7.22. The van der Waals surface area contributed by atoms with Gasteiger partial charge < -0.3 is 15.9 Å². The van der Waals surface area contributed by atoms with E-state index in [4.69, 9.17) is 20.6 Å². The molecule has 2 heterocycles. The predicted molar refractivity (Wildman–Crippen MR) is 106 cm³/mol. The first-order valence-corrected chi connectivity index (χ1v) is 9.92. The molecule has 1 fully saturated rings. The molecule has 2 aliphatic rings. The van der Waals surface area contributed by atoms with E-state index in [0.717, 1.165) is 68.8 Å². The Hall–Kier alpha value is -1.99. The maximum atomic E-state index is 9.28. The monoisotopic (exact) mass is 376 g/mol. The molecule has 4 N–H and O–H groups in total. The van der Waals surface area contributed by atoms with Gasteiger partial charge in [-0.25, -0.2) is 9.97 Å². The molecule has 1 aliphatic carbocycles. The van der Waals surface area contributed by atoms with Gasteiger partial charge in [-0.05, 0) is 44.2 Å². The SMILES string of the molecule is CCCCc1nc(N)c2c(n1)C(CCCCCN1CC(O)C1)=CC2.O=CO. The Bertz CT molecular complexity index is 642. The molecule has 0 radical (unpaired) electrons. The Labute approximate surface area is 161 Å². The lowest BCUT2D eigenvalue weighted by Gasteiger charge is -2.35. The van der Waals surface area contributed by atoms with Crippen molar-refractivity contribution in [1.82, 2.24) is 14.9 Å². The molecule has 1 aromatic heterocycles. The molecular weight excluding hydrogens is 344 g/mol. The number of aliphatic hydroxyl groups is 1. The van der Waals surface area contributed by atoms with E-state index in [0.29, 0.717) is 5.82 Å². The Balaban J connectivity index is 0.000000817. The molecule has 0 unspecified atom stereocenters. The van der Waals surface area contributed by atoms with Crippen LogP contribution in [-0.4, -0.2) is 57.3 Å². The third-order valence-corrected chi connectivity index (χ3v) is 5.05. The number of aromatic nitrogens is 2. The number of β-amino-alcohol motifs (C(OH)–C–C–N with tert-alkyl or cyclic N) is 1. The summed E-state index contributed by atoms with van der Waals surface area (Å²) >= 11 is 0. The van der Waals surface area contributed by atoms with Crippen LogP contribution in [0.25, 0.3) is 5.57 Å². The first-order valence-electron chi connectivity index (χ1n) is 9.92. The predicted octanol–water partition coefficient (Wildman–Crippen LogP) is 2.28. The lowest BCUT2D eigenvalue weighted by atomic mass is 10.0. The van der Waals surface area contributed by atoms with E-state index in [2.05, 4.69) is 22.9 Å². The number of carbonyl (C=O) groups is 1. The Morgan fingerprint density at radius 1 is 1.22 bits per heavy atom. The highest BCUT2D eigenvalue weighted by molar-refractivity contribution is 5.73. The van der Waals surface area contributed by atoms with Gasteiger partial charge in [0.25, 0.3) is 6.47 Å². The van der Waals surface area contributed by atoms with Gasteiger partial charge in [-0.15, -0.1) is 0 Å². The number of hydrogen-bond acceptors (Lipinski definition) is 6. The minimum atomic E-state index is -0.250. The number of nitrogens with two attached hydrogens (primary N) is 1. The summed E-state index contributed by atoms with van der Waals surface area (Å²) in [5.41, 5.74) is 9.73. The number of aryl methyl sites for hydroxylation is 1. The molecule has 0 spiro atoms. The summed E-state index contributed by atoms with van der Waals surface area (Å²) in [6, 6.07) is 0. The van der Waals surface area contributed by atoms with Crippen LogP contribution in [0.15, 0.2) is 6.08 Å². The van der Waals surface area contributed by atoms with Gasteiger partial charge in [0.2, 0.25) is 0 Å². The first kappa shape index (κ1) is 21.3. The van der Waals surface area contributed by atoms with Gasteiger partial charge in [0.05, 0.1) is 11.8 Å². The number of nitrogens with zero attached hydrogens (tertiary/aromatic N) is 3. The fourth-order valence-electron chi connectivity index (χ4n) is 3.56. The molecule has 1 saturated heterocycles. The minimum Gasteiger partial charge on any atom is -0.483 e. The van der Waals surface area contributed by atoms with Crippen molar-refractivity contribution < 1.29 is 15.0 Å². The van der Waals surface area contributed by atoms with Gasteiger partial charge in [-0.1, -0.05) is 25.8 Å². The second kappa shape index (κ2) is 11.0. The normalized spacial score (nSPS) is 16.1. The van der Waals surface area contributed by atoms with E-state index in [1.54, 1.807) is 0 Å². The van der Waals surface area contributed by atoms with Crippen molar-refractivity contribution in [1.29, 1.82) is 0 Å². The van der Waals surface area contributed by atoms with E-state index >= 15 is 0 Å². The zero-order valence-corrected chi connectivity index (χ0v) is 16.2. The van der Waals surface area contributed by atoms with Gasteiger partial charge in [-0.2, -0.15) is 0 Å². The molecule has 0 saturated carbocycles. The fourth-order valence-corrected chi connectivity index (χ4v) is 3.56. The number of aliphatic hydroxyl groups excluding tert-OH is 1. The van der Waals surface area contributed by atoms with E-state index < -0.39 is 0 Å². The van der Waals surface area contributed by atoms with Crippen molar-refractivity contribution in [2.75, 3.05) is 25.4 Å². The quantitative estimate of drug-likeness (QED) is 0.447. The van der Waals surface area contributed by atoms with Crippen LogP contribution in [0, 0.1) is 0 Å². The molecule has 0 bridgehead atoms. The highest BCUT2D eigenvalue weighted by atomic mass is 16.3. The molecular formula is C20H32N4O3. The van der Waals surface area contributed by atoms with Gasteiger partial charge in [0, 0.05) is 25.1 Å². The van der Waals surface area contributed by atoms with Crippen LogP contribution in [0.4, 0.5) is 5.82 Å². The van der Waals surface area contributed by atoms with E-state index in [-0.39, 0.29) is 12.6 Å². The number of rotatable bonds is 9. The standard InChI is InChI=1S/C19H30N4O.CH2O2/c1-2-3-8-17-21-18-14(9-10-16(18)19(20)22-17)7-5-4-6-11-23-12-15(24)13-23;2-1-3/h9,15,24H,2-8,10-13H2,1H3,(H2,20,21,22);1H,(H,2,3). The van der Waals surface area contributed by atoms with Crippen LogP contribution in [0.2, 0.25) is 0 Å². The summed E-state index contributed by atoms with van der Waals surface area (Å²) in [6.45, 7) is 4.76. The van der Waals surface area contributed by atoms with Crippen LogP contribution in [-0.2, 0) is 17.6 Å². The van der Waals surface area contributed by atoms with Crippen molar-refractivity contribution >= 4 is 17.9 Å². The van der Waals surface area contributed by atoms with Crippen molar-refractivity contribution in [3.8, 4) is 0 Å². The zero-order valence-electron chi connectivity index (χ0n) is 16.2. The van der Waals surface area contributed by atoms with E-state index in [1.807, 2.05) is 0 Å². The average Bonchev–Trinajstić information content (AvgIpc) is 3.02. The van der Waals surface area contributed by atoms with Crippen LogP contribution in [0.1, 0.15) is 62.5 Å². The van der Waals surface area contributed by atoms with Crippen LogP contribution < -0.4 is 5.73 Å². The Kier molecular flexibility index (Phi) is 8.67. The fraction of sp³-hybridized carbons (Fsp3) is 0.650. The van der Waals surface area contributed by atoms with Crippen molar-refractivity contribution in [3.05, 3.63) is 23.2 Å². The lowest BCUT2D eigenvalue weighted by molar-refractivity contribution is -0.122. The summed E-state index contributed by atoms with van der Waals surface area (Å²) in [4.78, 5) is 20.0. The highest BCUT2D eigenvalue weighted by Crippen LogP contribution is 2.32. The topological polar surface area (TPSA) is 113 Å². The number of fused-ring (bicyclic) bond motifs is 1.